The maximum atomic E-state index is 12.3. The van der Waals surface area contributed by atoms with Crippen molar-refractivity contribution in [3.8, 4) is 0 Å². The molecule has 1 fully saturated rings. The summed E-state index contributed by atoms with van der Waals surface area (Å²) >= 11 is 3.33. The molecule has 1 aromatic rings. The molecule has 3 N–H and O–H groups in total. The van der Waals surface area contributed by atoms with E-state index in [1.807, 2.05) is 17.0 Å². The van der Waals surface area contributed by atoms with E-state index < -0.39 is 0 Å². The molecule has 2 unspecified atom stereocenters. The summed E-state index contributed by atoms with van der Waals surface area (Å²) in [5.41, 5.74) is 6.38. The minimum atomic E-state index is -0.159. The molecule has 0 aliphatic carbocycles. The first-order valence-corrected chi connectivity index (χ1v) is 8.84. The van der Waals surface area contributed by atoms with Gasteiger partial charge in [0.25, 0.3) is 5.91 Å². The van der Waals surface area contributed by atoms with E-state index in [2.05, 4.69) is 28.2 Å². The molecule has 1 aromatic carbocycles. The molecule has 1 aliphatic heterocycles. The Morgan fingerprint density at radius 2 is 2.00 bits per heavy atom. The van der Waals surface area contributed by atoms with E-state index in [4.69, 9.17) is 5.73 Å². The molecule has 5 nitrogen and oxygen atoms in total. The predicted octanol–water partition coefficient (Wildman–Crippen LogP) is 2.58. The molecule has 24 heavy (non-hydrogen) atoms. The van der Waals surface area contributed by atoms with Gasteiger partial charge in [-0.3, -0.25) is 9.59 Å². The number of nitrogens with two attached hydrogens (primary N) is 1. The summed E-state index contributed by atoms with van der Waals surface area (Å²) in [4.78, 5) is 26.2. The number of nitrogens with zero attached hydrogens (tertiary/aromatic N) is 1. The normalized spacial score (nSPS) is 20.2. The van der Waals surface area contributed by atoms with Crippen molar-refractivity contribution in [3.63, 3.8) is 0 Å². The topological polar surface area (TPSA) is 75.4 Å². The smallest absolute Gasteiger partial charge is 0.251 e. The van der Waals surface area contributed by atoms with E-state index in [1.165, 1.54) is 0 Å². The fourth-order valence-corrected chi connectivity index (χ4v) is 3.20. The van der Waals surface area contributed by atoms with Gasteiger partial charge in [-0.15, -0.1) is 12.4 Å². The number of carbonyl (C=O) groups is 2. The van der Waals surface area contributed by atoms with Gasteiger partial charge in [0, 0.05) is 42.1 Å². The van der Waals surface area contributed by atoms with Crippen LogP contribution in [-0.4, -0.2) is 42.4 Å². The summed E-state index contributed by atoms with van der Waals surface area (Å²) in [6.07, 6.45) is 2.30. The zero-order valence-electron chi connectivity index (χ0n) is 13.8. The number of benzene rings is 1. The zero-order chi connectivity index (χ0) is 16.8. The number of hydrogen-bond donors (Lipinski definition) is 2. The Morgan fingerprint density at radius 3 is 2.62 bits per heavy atom. The standard InChI is InChI=1S/C17H24BrN3O2.ClH/c1-12-7-9-21(15(10-12)11-19)16(22)6-8-20-17(23)13-2-4-14(18)5-3-13;/h2-5,12,15H,6-11,19H2,1H3,(H,20,23);1H. The Hall–Kier alpha value is -1.11. The lowest BCUT2D eigenvalue weighted by atomic mass is 9.92. The van der Waals surface area contributed by atoms with Crippen molar-refractivity contribution in [1.82, 2.24) is 10.2 Å². The molecular formula is C17H25BrClN3O2. The average molecular weight is 419 g/mol. The quantitative estimate of drug-likeness (QED) is 0.771. The monoisotopic (exact) mass is 417 g/mol. The lowest BCUT2D eigenvalue weighted by molar-refractivity contribution is -0.135. The third-order valence-electron chi connectivity index (χ3n) is 4.30. The Labute approximate surface area is 157 Å². The summed E-state index contributed by atoms with van der Waals surface area (Å²) in [6.45, 7) is 3.81. The summed E-state index contributed by atoms with van der Waals surface area (Å²) < 4.78 is 0.927. The van der Waals surface area contributed by atoms with Crippen LogP contribution in [-0.2, 0) is 4.79 Å². The number of carbonyl (C=O) groups excluding carboxylic acids is 2. The summed E-state index contributed by atoms with van der Waals surface area (Å²) in [7, 11) is 0. The summed E-state index contributed by atoms with van der Waals surface area (Å²) in [6, 6.07) is 7.27. The van der Waals surface area contributed by atoms with E-state index in [9.17, 15) is 9.59 Å². The lowest BCUT2D eigenvalue weighted by Gasteiger charge is -2.38. The van der Waals surface area contributed by atoms with Crippen LogP contribution in [0.5, 0.6) is 0 Å². The first kappa shape index (κ1) is 20.9. The molecule has 0 spiro atoms. The van der Waals surface area contributed by atoms with Crippen LogP contribution in [0, 0.1) is 5.92 Å². The minimum absolute atomic E-state index is 0. The maximum absolute atomic E-state index is 12.3. The van der Waals surface area contributed by atoms with Crippen molar-refractivity contribution in [2.45, 2.75) is 32.2 Å². The number of amides is 2. The van der Waals surface area contributed by atoms with Crippen LogP contribution < -0.4 is 11.1 Å². The third kappa shape index (κ3) is 5.76. The van der Waals surface area contributed by atoms with Crippen LogP contribution in [0.1, 0.15) is 36.5 Å². The van der Waals surface area contributed by atoms with Gasteiger partial charge in [-0.2, -0.15) is 0 Å². The number of hydrogen-bond acceptors (Lipinski definition) is 3. The van der Waals surface area contributed by atoms with Crippen molar-refractivity contribution >= 4 is 40.2 Å². The van der Waals surface area contributed by atoms with Gasteiger partial charge in [0.2, 0.25) is 5.91 Å². The molecule has 2 amide bonds. The molecule has 2 atom stereocenters. The van der Waals surface area contributed by atoms with E-state index in [-0.39, 0.29) is 30.3 Å². The van der Waals surface area contributed by atoms with E-state index in [0.717, 1.165) is 23.9 Å². The highest BCUT2D eigenvalue weighted by atomic mass is 79.9. The number of likely N-dealkylation sites (tertiary alicyclic amines) is 1. The van der Waals surface area contributed by atoms with Crippen molar-refractivity contribution < 1.29 is 9.59 Å². The van der Waals surface area contributed by atoms with Crippen LogP contribution in [0.2, 0.25) is 0 Å². The summed E-state index contributed by atoms with van der Waals surface area (Å²) in [5.74, 6) is 0.529. The van der Waals surface area contributed by atoms with Gasteiger partial charge >= 0.3 is 0 Å². The Balaban J connectivity index is 0.00000288. The zero-order valence-corrected chi connectivity index (χ0v) is 16.2. The maximum Gasteiger partial charge on any atom is 0.251 e. The fourth-order valence-electron chi connectivity index (χ4n) is 2.93. The largest absolute Gasteiger partial charge is 0.352 e. The Kier molecular flexibility index (Phi) is 8.73. The van der Waals surface area contributed by atoms with Crippen LogP contribution in [0.25, 0.3) is 0 Å². The van der Waals surface area contributed by atoms with Gasteiger partial charge in [0.05, 0.1) is 0 Å². The SMILES string of the molecule is CC1CCN(C(=O)CCNC(=O)c2ccc(Br)cc2)C(CN)C1.Cl. The number of piperidine rings is 1. The Morgan fingerprint density at radius 1 is 1.33 bits per heavy atom. The first-order chi connectivity index (χ1) is 11.0. The van der Waals surface area contributed by atoms with Gasteiger partial charge in [-0.1, -0.05) is 22.9 Å². The molecule has 134 valence electrons. The molecule has 0 aromatic heterocycles. The second-order valence-corrected chi connectivity index (χ2v) is 7.03. The minimum Gasteiger partial charge on any atom is -0.352 e. The highest BCUT2D eigenvalue weighted by Crippen LogP contribution is 2.22. The molecule has 1 saturated heterocycles. The first-order valence-electron chi connectivity index (χ1n) is 8.04. The number of nitrogens with one attached hydrogen (secondary N) is 1. The van der Waals surface area contributed by atoms with Crippen LogP contribution in [0.15, 0.2) is 28.7 Å². The van der Waals surface area contributed by atoms with Gasteiger partial charge in [-0.05, 0) is 43.0 Å². The second kappa shape index (κ2) is 10.0. The summed E-state index contributed by atoms with van der Waals surface area (Å²) in [5, 5.41) is 2.80. The van der Waals surface area contributed by atoms with Gasteiger partial charge in [0.15, 0.2) is 0 Å². The molecular weight excluding hydrogens is 394 g/mol. The lowest BCUT2D eigenvalue weighted by Crippen LogP contribution is -2.49. The molecule has 1 heterocycles. The average Bonchev–Trinajstić information content (AvgIpc) is 2.55. The Bertz CT molecular complexity index is 553. The number of rotatable bonds is 5. The predicted molar refractivity (Wildman–Crippen MR) is 101 cm³/mol. The van der Waals surface area contributed by atoms with E-state index >= 15 is 0 Å². The van der Waals surface area contributed by atoms with Crippen LogP contribution in [0.4, 0.5) is 0 Å². The molecule has 7 heteroatoms. The van der Waals surface area contributed by atoms with Crippen molar-refractivity contribution in [2.24, 2.45) is 11.7 Å². The van der Waals surface area contributed by atoms with Crippen molar-refractivity contribution in [3.05, 3.63) is 34.3 Å². The molecule has 1 aliphatic rings. The number of halogens is 2. The highest BCUT2D eigenvalue weighted by molar-refractivity contribution is 9.10. The molecule has 0 saturated carbocycles. The highest BCUT2D eigenvalue weighted by Gasteiger charge is 2.28. The van der Waals surface area contributed by atoms with Crippen LogP contribution >= 0.6 is 28.3 Å². The fraction of sp³-hybridized carbons (Fsp3) is 0.529. The molecule has 2 rings (SSSR count). The van der Waals surface area contributed by atoms with Crippen molar-refractivity contribution in [1.29, 1.82) is 0 Å². The van der Waals surface area contributed by atoms with Gasteiger partial charge < -0.3 is 16.0 Å². The molecule has 0 radical (unpaired) electrons. The van der Waals surface area contributed by atoms with Gasteiger partial charge in [0.1, 0.15) is 0 Å². The third-order valence-corrected chi connectivity index (χ3v) is 4.83. The second-order valence-electron chi connectivity index (χ2n) is 6.12. The van der Waals surface area contributed by atoms with Crippen LogP contribution in [0.3, 0.4) is 0 Å². The van der Waals surface area contributed by atoms with Gasteiger partial charge in [-0.25, -0.2) is 0 Å². The van der Waals surface area contributed by atoms with E-state index in [0.29, 0.717) is 31.0 Å². The van der Waals surface area contributed by atoms with Crippen molar-refractivity contribution in [2.75, 3.05) is 19.6 Å². The molecule has 0 bridgehead atoms. The van der Waals surface area contributed by atoms with E-state index in [1.54, 1.807) is 12.1 Å².